The number of carbonyl (C=O) groups excluding carboxylic acids is 3. The average Bonchev–Trinajstić information content (AvgIpc) is 2.80. The molecule has 0 saturated carbocycles. The molecule has 0 aliphatic heterocycles. The third-order valence-corrected chi connectivity index (χ3v) is 5.76. The molecule has 1 aromatic carbocycles. The number of rotatable bonds is 18. The van der Waals surface area contributed by atoms with Gasteiger partial charge in [-0.15, -0.1) is 0 Å². The summed E-state index contributed by atoms with van der Waals surface area (Å²) in [5.74, 6) is -0.869. The molecular weight excluding hydrogens is 418 g/mol. The summed E-state index contributed by atoms with van der Waals surface area (Å²) in [7, 11) is 0. The molecule has 0 fully saturated rings. The van der Waals surface area contributed by atoms with E-state index in [0.717, 1.165) is 50.5 Å². The van der Waals surface area contributed by atoms with E-state index in [9.17, 15) is 14.4 Å². The Kier molecular flexibility index (Phi) is 14.8. The summed E-state index contributed by atoms with van der Waals surface area (Å²) in [6.45, 7) is 5.01. The van der Waals surface area contributed by atoms with E-state index in [0.29, 0.717) is 19.4 Å². The van der Waals surface area contributed by atoms with Gasteiger partial charge in [-0.25, -0.2) is 0 Å². The second kappa shape index (κ2) is 17.1. The second-order valence-corrected chi connectivity index (χ2v) is 8.70. The maximum atomic E-state index is 13.2. The zero-order valence-electron chi connectivity index (χ0n) is 20.5. The fourth-order valence-corrected chi connectivity index (χ4v) is 3.82. The minimum absolute atomic E-state index is 0.153. The largest absolute Gasteiger partial charge is 0.461 e. The molecule has 7 heteroatoms. The van der Waals surface area contributed by atoms with Crippen LogP contribution in [0, 0.1) is 0 Å². The van der Waals surface area contributed by atoms with Crippen molar-refractivity contribution in [2.24, 2.45) is 11.5 Å². The highest BCUT2D eigenvalue weighted by Crippen LogP contribution is 2.18. The molecule has 186 valence electrons. The quantitative estimate of drug-likeness (QED) is 0.252. The zero-order chi connectivity index (χ0) is 24.5. The Morgan fingerprint density at radius 2 is 1.64 bits per heavy atom. The zero-order valence-corrected chi connectivity index (χ0v) is 20.5. The van der Waals surface area contributed by atoms with Crippen molar-refractivity contribution in [2.75, 3.05) is 6.54 Å². The number of amides is 2. The number of benzene rings is 1. The third-order valence-electron chi connectivity index (χ3n) is 5.76. The lowest BCUT2D eigenvalue weighted by Gasteiger charge is -2.33. The molecule has 0 saturated heterocycles. The number of nitrogens with zero attached hydrogens (tertiary/aromatic N) is 1. The van der Waals surface area contributed by atoms with E-state index in [1.165, 1.54) is 0 Å². The molecular formula is C26H43N3O4. The molecule has 33 heavy (non-hydrogen) atoms. The van der Waals surface area contributed by atoms with Crippen LogP contribution in [-0.2, 0) is 25.7 Å². The van der Waals surface area contributed by atoms with E-state index in [1.54, 1.807) is 4.90 Å². The van der Waals surface area contributed by atoms with E-state index in [1.807, 2.05) is 30.3 Å². The van der Waals surface area contributed by atoms with Gasteiger partial charge in [0.05, 0.1) is 6.04 Å². The maximum Gasteiger partial charge on any atom is 0.306 e. The number of unbranched alkanes of at least 4 members (excludes halogenated alkanes) is 4. The Hall–Kier alpha value is -2.41. The van der Waals surface area contributed by atoms with Crippen molar-refractivity contribution in [3.05, 3.63) is 35.9 Å². The van der Waals surface area contributed by atoms with Crippen LogP contribution >= 0.6 is 0 Å². The number of esters is 1. The van der Waals surface area contributed by atoms with Gasteiger partial charge in [-0.1, -0.05) is 76.3 Å². The lowest BCUT2D eigenvalue weighted by Crippen LogP contribution is -2.50. The Morgan fingerprint density at radius 1 is 0.939 bits per heavy atom. The lowest BCUT2D eigenvalue weighted by molar-refractivity contribution is -0.145. The van der Waals surface area contributed by atoms with E-state index in [4.69, 9.17) is 16.2 Å². The van der Waals surface area contributed by atoms with Crippen LogP contribution in [0.15, 0.2) is 30.3 Å². The molecule has 7 nitrogen and oxygen atoms in total. The highest BCUT2D eigenvalue weighted by atomic mass is 16.5. The van der Waals surface area contributed by atoms with Crippen LogP contribution in [0.3, 0.4) is 0 Å². The van der Waals surface area contributed by atoms with Crippen molar-refractivity contribution in [2.45, 2.75) is 103 Å². The van der Waals surface area contributed by atoms with Gasteiger partial charge in [0, 0.05) is 25.4 Å². The van der Waals surface area contributed by atoms with Crippen LogP contribution in [0.2, 0.25) is 0 Å². The Morgan fingerprint density at radius 3 is 2.27 bits per heavy atom. The molecule has 1 aromatic rings. The maximum absolute atomic E-state index is 13.2. The normalized spacial score (nSPS) is 12.7. The van der Waals surface area contributed by atoms with Crippen LogP contribution in [-0.4, -0.2) is 41.3 Å². The molecule has 0 spiro atoms. The molecule has 0 aromatic heterocycles. The van der Waals surface area contributed by atoms with Crippen molar-refractivity contribution in [3.63, 3.8) is 0 Å². The Balaban J connectivity index is 2.59. The summed E-state index contributed by atoms with van der Waals surface area (Å²) in [6.07, 6.45) is 8.02. The number of primary amides is 1. The standard InChI is InChI=1S/C26H43N3O4/c1-3-5-7-11-15-22(19-24(28)30)29(18-6-4-2)26(32)23(27)16-12-17-25(31)33-20-21-13-9-8-10-14-21/h8-10,13-14,22-23H,3-7,11-12,15-20,27H2,1-2H3,(H2,28,30)/t22-,23-/m0/s1. The fraction of sp³-hybridized carbons (Fsp3) is 0.654. The van der Waals surface area contributed by atoms with Crippen LogP contribution in [0.4, 0.5) is 0 Å². The first-order valence-corrected chi connectivity index (χ1v) is 12.4. The lowest BCUT2D eigenvalue weighted by atomic mass is 10.00. The highest BCUT2D eigenvalue weighted by Gasteiger charge is 2.28. The molecule has 0 aliphatic rings. The molecule has 2 amide bonds. The number of hydrogen-bond donors (Lipinski definition) is 2. The summed E-state index contributed by atoms with van der Waals surface area (Å²) >= 11 is 0. The van der Waals surface area contributed by atoms with Crippen molar-refractivity contribution in [3.8, 4) is 0 Å². The van der Waals surface area contributed by atoms with Gasteiger partial charge in [0.15, 0.2) is 0 Å². The number of carbonyl (C=O) groups is 3. The van der Waals surface area contributed by atoms with Crippen LogP contribution in [0.25, 0.3) is 0 Å². The number of hydrogen-bond acceptors (Lipinski definition) is 5. The average molecular weight is 462 g/mol. The van der Waals surface area contributed by atoms with Gasteiger partial charge in [0.2, 0.25) is 11.8 Å². The van der Waals surface area contributed by atoms with E-state index in [-0.39, 0.29) is 37.4 Å². The molecule has 4 N–H and O–H groups in total. The summed E-state index contributed by atoms with van der Waals surface area (Å²) in [6, 6.07) is 8.57. The number of nitrogens with two attached hydrogens (primary N) is 2. The first-order chi connectivity index (χ1) is 15.9. The van der Waals surface area contributed by atoms with E-state index in [2.05, 4.69) is 13.8 Å². The predicted octanol–water partition coefficient (Wildman–Crippen LogP) is 4.07. The summed E-state index contributed by atoms with van der Waals surface area (Å²) in [5.41, 5.74) is 12.7. The molecule has 0 bridgehead atoms. The smallest absolute Gasteiger partial charge is 0.306 e. The Labute approximate surface area is 199 Å². The highest BCUT2D eigenvalue weighted by molar-refractivity contribution is 5.83. The van der Waals surface area contributed by atoms with Crippen molar-refractivity contribution >= 4 is 17.8 Å². The second-order valence-electron chi connectivity index (χ2n) is 8.70. The molecule has 2 atom stereocenters. The monoisotopic (exact) mass is 461 g/mol. The first-order valence-electron chi connectivity index (χ1n) is 12.4. The van der Waals surface area contributed by atoms with Crippen molar-refractivity contribution in [1.29, 1.82) is 0 Å². The first kappa shape index (κ1) is 28.6. The SMILES string of the molecule is CCCCCC[C@@H](CC(N)=O)N(CCCC)C(=O)[C@@H](N)CCCC(=O)OCc1ccccc1. The van der Waals surface area contributed by atoms with E-state index >= 15 is 0 Å². The number of ether oxygens (including phenoxy) is 1. The van der Waals surface area contributed by atoms with Gasteiger partial charge in [0.1, 0.15) is 6.61 Å². The van der Waals surface area contributed by atoms with Gasteiger partial charge >= 0.3 is 5.97 Å². The molecule has 0 aliphatic carbocycles. The molecule has 0 radical (unpaired) electrons. The predicted molar refractivity (Wildman–Crippen MR) is 131 cm³/mol. The topological polar surface area (TPSA) is 116 Å². The summed E-state index contributed by atoms with van der Waals surface area (Å²) in [4.78, 5) is 38.7. The molecule has 0 heterocycles. The van der Waals surface area contributed by atoms with Crippen molar-refractivity contribution in [1.82, 2.24) is 4.90 Å². The summed E-state index contributed by atoms with van der Waals surface area (Å²) in [5, 5.41) is 0. The van der Waals surface area contributed by atoms with Crippen molar-refractivity contribution < 1.29 is 19.1 Å². The van der Waals surface area contributed by atoms with Gasteiger partial charge in [-0.05, 0) is 31.2 Å². The summed E-state index contributed by atoms with van der Waals surface area (Å²) < 4.78 is 5.29. The fourth-order valence-electron chi connectivity index (χ4n) is 3.82. The van der Waals surface area contributed by atoms with E-state index < -0.39 is 11.9 Å². The van der Waals surface area contributed by atoms with Gasteiger partial charge in [-0.3, -0.25) is 14.4 Å². The van der Waals surface area contributed by atoms with Crippen LogP contribution in [0.1, 0.15) is 90.0 Å². The minimum Gasteiger partial charge on any atom is -0.461 e. The van der Waals surface area contributed by atoms with Crippen LogP contribution in [0.5, 0.6) is 0 Å². The van der Waals surface area contributed by atoms with Crippen LogP contribution < -0.4 is 11.5 Å². The van der Waals surface area contributed by atoms with Gasteiger partial charge in [-0.2, -0.15) is 0 Å². The minimum atomic E-state index is -0.713. The molecule has 0 unspecified atom stereocenters. The van der Waals surface area contributed by atoms with Gasteiger partial charge < -0.3 is 21.1 Å². The Bertz CT molecular complexity index is 696. The molecule has 1 rings (SSSR count). The third kappa shape index (κ3) is 12.4. The van der Waals surface area contributed by atoms with Gasteiger partial charge in [0.25, 0.3) is 0 Å².